The summed E-state index contributed by atoms with van der Waals surface area (Å²) in [4.78, 5) is 12.6. The summed E-state index contributed by atoms with van der Waals surface area (Å²) >= 11 is 1.32. The molecule has 0 radical (unpaired) electrons. The summed E-state index contributed by atoms with van der Waals surface area (Å²) < 4.78 is 13.5. The average Bonchev–Trinajstić information content (AvgIpc) is 3.27. The zero-order valence-electron chi connectivity index (χ0n) is 20.0. The van der Waals surface area contributed by atoms with Crippen molar-refractivity contribution >= 4 is 23.4 Å². The maximum Gasteiger partial charge on any atom is 0.234 e. The molecule has 0 unspecified atom stereocenters. The normalized spacial score (nSPS) is 10.7. The van der Waals surface area contributed by atoms with Gasteiger partial charge in [-0.3, -0.25) is 9.36 Å². The molecular formula is C27H28N4O3S. The van der Waals surface area contributed by atoms with Crippen molar-refractivity contribution in [3.05, 3.63) is 89.7 Å². The van der Waals surface area contributed by atoms with Gasteiger partial charge in [0.25, 0.3) is 0 Å². The van der Waals surface area contributed by atoms with Crippen LogP contribution in [0.4, 0.5) is 5.69 Å². The number of rotatable bonds is 10. The number of aryl methyl sites for hydroxylation is 2. The third-order valence-electron chi connectivity index (χ3n) is 5.25. The predicted molar refractivity (Wildman–Crippen MR) is 139 cm³/mol. The van der Waals surface area contributed by atoms with Crippen LogP contribution in [0.5, 0.6) is 11.5 Å². The Morgan fingerprint density at radius 2 is 1.60 bits per heavy atom. The lowest BCUT2D eigenvalue weighted by Crippen LogP contribution is -2.15. The van der Waals surface area contributed by atoms with Crippen LogP contribution < -0.4 is 14.8 Å². The third kappa shape index (κ3) is 6.42. The summed E-state index contributed by atoms with van der Waals surface area (Å²) in [7, 11) is 0. The molecule has 0 bridgehead atoms. The third-order valence-corrected chi connectivity index (χ3v) is 6.18. The number of hydrogen-bond donors (Lipinski definition) is 1. The minimum Gasteiger partial charge on any atom is -0.494 e. The van der Waals surface area contributed by atoms with E-state index in [2.05, 4.69) is 15.5 Å². The number of aromatic nitrogens is 3. The second-order valence-corrected chi connectivity index (χ2v) is 8.86. The standard InChI is InChI=1S/C27H28N4O3S/c1-4-33-22-15-11-21(12-16-22)31-25(17-34-23-13-9-19(2)10-14-23)29-30-27(31)35-18-26(32)28-24-8-6-5-7-20(24)3/h5-16H,4,17-18H2,1-3H3,(H,28,32). The van der Waals surface area contributed by atoms with Crippen LogP contribution in [-0.2, 0) is 11.4 Å². The number of amides is 1. The topological polar surface area (TPSA) is 78.3 Å². The van der Waals surface area contributed by atoms with Crippen LogP contribution in [0.3, 0.4) is 0 Å². The van der Waals surface area contributed by atoms with Gasteiger partial charge in [-0.1, -0.05) is 47.7 Å². The number of thioether (sulfide) groups is 1. The van der Waals surface area contributed by atoms with E-state index in [0.717, 1.165) is 34.0 Å². The first-order chi connectivity index (χ1) is 17.0. The van der Waals surface area contributed by atoms with Crippen molar-refractivity contribution in [2.24, 2.45) is 0 Å². The van der Waals surface area contributed by atoms with Crippen LogP contribution in [0.25, 0.3) is 5.69 Å². The number of benzene rings is 3. The first-order valence-electron chi connectivity index (χ1n) is 11.4. The number of carbonyl (C=O) groups is 1. The molecule has 4 aromatic rings. The number of nitrogens with one attached hydrogen (secondary N) is 1. The largest absolute Gasteiger partial charge is 0.494 e. The van der Waals surface area contributed by atoms with Crippen LogP contribution in [-0.4, -0.2) is 33.0 Å². The molecule has 0 spiro atoms. The summed E-state index contributed by atoms with van der Waals surface area (Å²) in [5, 5.41) is 12.3. The minimum atomic E-state index is -0.108. The van der Waals surface area contributed by atoms with Crippen LogP contribution in [0, 0.1) is 13.8 Å². The van der Waals surface area contributed by atoms with Crippen molar-refractivity contribution in [2.45, 2.75) is 32.5 Å². The lowest BCUT2D eigenvalue weighted by Gasteiger charge is -2.12. The van der Waals surface area contributed by atoms with Crippen LogP contribution >= 0.6 is 11.8 Å². The van der Waals surface area contributed by atoms with E-state index in [4.69, 9.17) is 9.47 Å². The molecule has 0 aliphatic rings. The second kappa shape index (κ2) is 11.6. The van der Waals surface area contributed by atoms with Gasteiger partial charge >= 0.3 is 0 Å². The van der Waals surface area contributed by atoms with Crippen molar-refractivity contribution in [2.75, 3.05) is 17.7 Å². The number of hydrogen-bond acceptors (Lipinski definition) is 6. The van der Waals surface area contributed by atoms with E-state index < -0.39 is 0 Å². The van der Waals surface area contributed by atoms with Crippen LogP contribution in [0.2, 0.25) is 0 Å². The molecule has 1 amide bonds. The second-order valence-electron chi connectivity index (χ2n) is 7.91. The molecule has 1 aromatic heterocycles. The van der Waals surface area contributed by atoms with Crippen LogP contribution in [0.1, 0.15) is 23.9 Å². The summed E-state index contributed by atoms with van der Waals surface area (Å²) in [6.45, 7) is 6.78. The van der Waals surface area contributed by atoms with E-state index in [1.807, 2.05) is 98.1 Å². The Kier molecular flexibility index (Phi) is 8.05. The highest BCUT2D eigenvalue weighted by atomic mass is 32.2. The Morgan fingerprint density at radius 3 is 2.31 bits per heavy atom. The highest BCUT2D eigenvalue weighted by molar-refractivity contribution is 7.99. The number of carbonyl (C=O) groups excluding carboxylic acids is 1. The van der Waals surface area contributed by atoms with Gasteiger partial charge in [0.1, 0.15) is 18.1 Å². The van der Waals surface area contributed by atoms with Crippen molar-refractivity contribution in [1.29, 1.82) is 0 Å². The lowest BCUT2D eigenvalue weighted by molar-refractivity contribution is -0.113. The summed E-state index contributed by atoms with van der Waals surface area (Å²) in [6.07, 6.45) is 0. The zero-order chi connectivity index (χ0) is 24.6. The Labute approximate surface area is 209 Å². The smallest absolute Gasteiger partial charge is 0.234 e. The van der Waals surface area contributed by atoms with Crippen molar-refractivity contribution < 1.29 is 14.3 Å². The summed E-state index contributed by atoms with van der Waals surface area (Å²) in [5.74, 6) is 2.26. The monoisotopic (exact) mass is 488 g/mol. The van der Waals surface area contributed by atoms with Gasteiger partial charge in [-0.2, -0.15) is 0 Å². The first-order valence-corrected chi connectivity index (χ1v) is 12.4. The van der Waals surface area contributed by atoms with Crippen molar-refractivity contribution in [3.63, 3.8) is 0 Å². The van der Waals surface area contributed by atoms with Gasteiger partial charge in [0.05, 0.1) is 12.4 Å². The van der Waals surface area contributed by atoms with Crippen molar-refractivity contribution in [1.82, 2.24) is 14.8 Å². The molecule has 0 aliphatic heterocycles. The van der Waals surface area contributed by atoms with E-state index in [1.165, 1.54) is 11.8 Å². The van der Waals surface area contributed by atoms with E-state index in [1.54, 1.807) is 0 Å². The number of ether oxygens (including phenoxy) is 2. The van der Waals surface area contributed by atoms with Gasteiger partial charge in [0, 0.05) is 11.4 Å². The molecule has 1 heterocycles. The van der Waals surface area contributed by atoms with Gasteiger partial charge in [-0.15, -0.1) is 10.2 Å². The van der Waals surface area contributed by atoms with Gasteiger partial charge in [-0.25, -0.2) is 0 Å². The van der Waals surface area contributed by atoms with E-state index in [-0.39, 0.29) is 18.3 Å². The lowest BCUT2D eigenvalue weighted by atomic mass is 10.2. The molecule has 180 valence electrons. The fraction of sp³-hybridized carbons (Fsp3) is 0.222. The highest BCUT2D eigenvalue weighted by Gasteiger charge is 2.17. The van der Waals surface area contributed by atoms with Crippen LogP contribution in [0.15, 0.2) is 78.0 Å². The quantitative estimate of drug-likeness (QED) is 0.293. The molecule has 0 atom stereocenters. The zero-order valence-corrected chi connectivity index (χ0v) is 20.8. The molecule has 8 heteroatoms. The summed E-state index contributed by atoms with van der Waals surface area (Å²) in [5.41, 5.74) is 3.84. The maximum absolute atomic E-state index is 12.6. The van der Waals surface area contributed by atoms with Crippen molar-refractivity contribution in [3.8, 4) is 17.2 Å². The predicted octanol–water partition coefficient (Wildman–Crippen LogP) is 5.59. The van der Waals surface area contributed by atoms with Gasteiger partial charge in [0.15, 0.2) is 11.0 Å². The Bertz CT molecular complexity index is 1270. The fourth-order valence-electron chi connectivity index (χ4n) is 3.42. The molecule has 0 saturated heterocycles. The van der Waals surface area contributed by atoms with E-state index in [0.29, 0.717) is 17.6 Å². The SMILES string of the molecule is CCOc1ccc(-n2c(COc3ccc(C)cc3)nnc2SCC(=O)Nc2ccccc2C)cc1. The number of anilines is 1. The first kappa shape index (κ1) is 24.3. The highest BCUT2D eigenvalue weighted by Crippen LogP contribution is 2.25. The average molecular weight is 489 g/mol. The van der Waals surface area contributed by atoms with E-state index in [9.17, 15) is 4.79 Å². The Balaban J connectivity index is 1.53. The molecule has 3 aromatic carbocycles. The fourth-order valence-corrected chi connectivity index (χ4v) is 4.19. The van der Waals surface area contributed by atoms with E-state index >= 15 is 0 Å². The molecule has 0 saturated carbocycles. The number of nitrogens with zero attached hydrogens (tertiary/aromatic N) is 3. The van der Waals surface area contributed by atoms with Gasteiger partial charge < -0.3 is 14.8 Å². The Hall–Kier alpha value is -3.78. The number of para-hydroxylation sites is 1. The molecule has 1 N–H and O–H groups in total. The molecule has 0 fully saturated rings. The minimum absolute atomic E-state index is 0.108. The molecule has 4 rings (SSSR count). The van der Waals surface area contributed by atoms with Gasteiger partial charge in [-0.05, 0) is 68.8 Å². The Morgan fingerprint density at radius 1 is 0.914 bits per heavy atom. The maximum atomic E-state index is 12.6. The summed E-state index contributed by atoms with van der Waals surface area (Å²) in [6, 6.07) is 23.3. The van der Waals surface area contributed by atoms with Gasteiger partial charge in [0.2, 0.25) is 5.91 Å². The molecule has 7 nitrogen and oxygen atoms in total. The molecule has 0 aliphatic carbocycles. The molecular weight excluding hydrogens is 460 g/mol. The molecule has 35 heavy (non-hydrogen) atoms.